The van der Waals surface area contributed by atoms with Crippen LogP contribution in [0.5, 0.6) is 0 Å². The zero-order valence-corrected chi connectivity index (χ0v) is 35.5. The van der Waals surface area contributed by atoms with Crippen molar-refractivity contribution in [3.8, 4) is 0 Å². The number of fused-ring (bicyclic) bond motifs is 2. The number of ketones is 1. The van der Waals surface area contributed by atoms with Crippen LogP contribution in [0.3, 0.4) is 0 Å². The Morgan fingerprint density at radius 1 is 0.754 bits per heavy atom. The summed E-state index contributed by atoms with van der Waals surface area (Å²) in [4.78, 5) is 31.8. The first-order chi connectivity index (χ1) is 27.9. The van der Waals surface area contributed by atoms with E-state index in [0.29, 0.717) is 10.6 Å². The monoisotopic (exact) mass is 777 g/mol. The molecule has 0 radical (unpaired) electrons. The first kappa shape index (κ1) is 40.8. The third-order valence-corrected chi connectivity index (χ3v) is 15.6. The van der Waals surface area contributed by atoms with Crippen LogP contribution in [-0.2, 0) is 16.1 Å². The van der Waals surface area contributed by atoms with E-state index in [0.717, 1.165) is 82.2 Å². The number of allylic oxidation sites excluding steroid dienone is 1. The van der Waals surface area contributed by atoms with E-state index in [-0.39, 0.29) is 36.0 Å². The molecule has 7 heteroatoms. The molecule has 2 aromatic rings. The Kier molecular flexibility index (Phi) is 13.5. The highest BCUT2D eigenvalue weighted by Crippen LogP contribution is 2.48. The number of carbonyl (C=O) groups excluding carboxylic acids is 2. The second kappa shape index (κ2) is 18.9. The van der Waals surface area contributed by atoms with Gasteiger partial charge in [-0.2, -0.15) is 0 Å². The average Bonchev–Trinajstić information content (AvgIpc) is 3.31. The van der Waals surface area contributed by atoms with Crippen LogP contribution in [0.25, 0.3) is 0 Å². The lowest BCUT2D eigenvalue weighted by Gasteiger charge is -2.52. The molecule has 2 aromatic carbocycles. The Hall–Kier alpha value is -3.00. The Labute approximate surface area is 345 Å². The van der Waals surface area contributed by atoms with Crippen LogP contribution >= 0.6 is 0 Å². The Morgan fingerprint density at radius 2 is 1.42 bits per heavy atom. The van der Waals surface area contributed by atoms with Crippen LogP contribution in [0.15, 0.2) is 66.2 Å². The molecule has 4 saturated heterocycles. The van der Waals surface area contributed by atoms with Crippen LogP contribution in [-0.4, -0.2) is 64.2 Å². The van der Waals surface area contributed by atoms with Crippen LogP contribution in [0, 0.1) is 23.7 Å². The van der Waals surface area contributed by atoms with Crippen molar-refractivity contribution in [1.82, 2.24) is 15.2 Å². The number of quaternary nitrogens is 1. The van der Waals surface area contributed by atoms with E-state index < -0.39 is 5.92 Å². The molecule has 57 heavy (non-hydrogen) atoms. The van der Waals surface area contributed by atoms with Crippen molar-refractivity contribution in [2.75, 3.05) is 25.0 Å². The number of nitrogens with one attached hydrogen (secondary N) is 2. The lowest BCUT2D eigenvalue weighted by atomic mass is 9.75. The SMILES string of the molecule is CC1=CCC(N2C(=O)C(C)C(=O)C3C(Nc4ccccc4)N(Cc4ccc(C5CC(C6CCCCCCCCC6)CCN5)cc4)[N+]4(CCCCCCC4)C32)CCC1. The quantitative estimate of drug-likeness (QED) is 0.167. The first-order valence-electron chi connectivity index (χ1n) is 23.7. The lowest BCUT2D eigenvalue weighted by Crippen LogP contribution is -2.71. The van der Waals surface area contributed by atoms with Gasteiger partial charge in [-0.25, -0.2) is 4.59 Å². The molecule has 1 spiro atoms. The van der Waals surface area contributed by atoms with Gasteiger partial charge in [-0.15, -0.1) is 5.01 Å². The molecule has 8 rings (SSSR count). The molecule has 7 nitrogen and oxygen atoms in total. The van der Waals surface area contributed by atoms with Gasteiger partial charge in [0.15, 0.2) is 11.9 Å². The third kappa shape index (κ3) is 8.97. The predicted molar refractivity (Wildman–Crippen MR) is 232 cm³/mol. The summed E-state index contributed by atoms with van der Waals surface area (Å²) in [7, 11) is 0. The van der Waals surface area contributed by atoms with Gasteiger partial charge in [0.1, 0.15) is 12.1 Å². The molecular weight excluding hydrogens is 703 g/mol. The van der Waals surface area contributed by atoms with Gasteiger partial charge in [-0.1, -0.05) is 118 Å². The maximum atomic E-state index is 14.8. The molecular formula is C50H74N5O2+. The van der Waals surface area contributed by atoms with E-state index in [1.807, 2.05) is 6.92 Å². The number of hydrogen-bond donors (Lipinski definition) is 2. The first-order valence-corrected chi connectivity index (χ1v) is 23.7. The molecule has 6 aliphatic rings. The number of likely N-dealkylation sites (tertiary alicyclic amines) is 1. The van der Waals surface area contributed by atoms with E-state index in [1.54, 1.807) is 0 Å². The molecule has 0 aromatic heterocycles. The minimum atomic E-state index is -0.628. The molecule has 5 fully saturated rings. The summed E-state index contributed by atoms with van der Waals surface area (Å²) in [5, 5.41) is 10.6. The summed E-state index contributed by atoms with van der Waals surface area (Å²) in [5.74, 6) is 0.954. The van der Waals surface area contributed by atoms with Gasteiger partial charge in [0.25, 0.3) is 0 Å². The van der Waals surface area contributed by atoms with Gasteiger partial charge < -0.3 is 10.6 Å². The van der Waals surface area contributed by atoms with E-state index in [4.69, 9.17) is 0 Å². The Balaban J connectivity index is 1.11. The topological polar surface area (TPSA) is 64.7 Å². The fourth-order valence-corrected chi connectivity index (χ4v) is 12.4. The van der Waals surface area contributed by atoms with Crippen LogP contribution < -0.4 is 10.6 Å². The zero-order chi connectivity index (χ0) is 39.2. The van der Waals surface area contributed by atoms with Crippen molar-refractivity contribution < 1.29 is 14.2 Å². The Bertz CT molecular complexity index is 1640. The average molecular weight is 777 g/mol. The maximum Gasteiger partial charge on any atom is 0.237 e. The van der Waals surface area contributed by atoms with Crippen LogP contribution in [0.4, 0.5) is 5.69 Å². The minimum Gasteiger partial charge on any atom is -0.365 e. The standard InChI is InChI=1S/C50H74N5O2/c1-37-19-18-24-44(30-25-37)54-49-46(47(56)38(2)50(54)57)48(52-43-22-14-11-15-23-43)53(55(49)33-16-9-6-10-17-34-55)36-39-26-28-41(29-27-39)45-35-42(31-32-51-45)40-20-12-7-4-3-5-8-13-21-40/h11,14-15,22-23,25-29,38,40,42,44-46,48-49,51-52H,3-10,12-13,16-21,24,30-36H2,1-2H3/q+1. The molecule has 7 atom stereocenters. The molecule has 4 heterocycles. The number of amides is 1. The Morgan fingerprint density at radius 3 is 2.12 bits per heavy atom. The lowest BCUT2D eigenvalue weighted by molar-refractivity contribution is -1.05. The summed E-state index contributed by atoms with van der Waals surface area (Å²) in [6.07, 6.45) is 27.3. The fraction of sp³-hybridized carbons (Fsp3) is 0.680. The van der Waals surface area contributed by atoms with Crippen molar-refractivity contribution in [3.63, 3.8) is 0 Å². The number of hydrogen-bond acceptors (Lipinski definition) is 5. The van der Waals surface area contributed by atoms with Gasteiger partial charge >= 0.3 is 0 Å². The number of carbonyl (C=O) groups is 2. The second-order valence-corrected chi connectivity index (χ2v) is 19.2. The number of para-hydroxylation sites is 1. The summed E-state index contributed by atoms with van der Waals surface area (Å²) in [6, 6.07) is 20.6. The number of piperidine rings is 2. The number of benzene rings is 2. The largest absolute Gasteiger partial charge is 0.365 e. The molecule has 1 saturated carbocycles. The fourth-order valence-electron chi connectivity index (χ4n) is 12.4. The van der Waals surface area contributed by atoms with Crippen molar-refractivity contribution in [1.29, 1.82) is 0 Å². The molecule has 1 amide bonds. The molecule has 2 aliphatic carbocycles. The number of anilines is 1. The predicted octanol–water partition coefficient (Wildman–Crippen LogP) is 10.7. The highest BCUT2D eigenvalue weighted by molar-refractivity contribution is 6.05. The van der Waals surface area contributed by atoms with Gasteiger partial charge in [-0.05, 0) is 120 Å². The van der Waals surface area contributed by atoms with Crippen molar-refractivity contribution in [2.24, 2.45) is 23.7 Å². The number of Topliss-reactive ketones (excluding diaryl/α,β-unsaturated/α-hetero) is 1. The summed E-state index contributed by atoms with van der Waals surface area (Å²) < 4.78 is 0.702. The summed E-state index contributed by atoms with van der Waals surface area (Å²) in [5.41, 5.74) is 5.19. The van der Waals surface area contributed by atoms with Crippen molar-refractivity contribution >= 4 is 17.4 Å². The molecule has 310 valence electrons. The smallest absolute Gasteiger partial charge is 0.237 e. The van der Waals surface area contributed by atoms with Crippen LogP contribution in [0.2, 0.25) is 0 Å². The zero-order valence-electron chi connectivity index (χ0n) is 35.5. The highest BCUT2D eigenvalue weighted by Gasteiger charge is 2.68. The number of nitrogens with zero attached hydrogens (tertiary/aromatic N) is 3. The minimum absolute atomic E-state index is 0.0622. The molecule has 0 bridgehead atoms. The summed E-state index contributed by atoms with van der Waals surface area (Å²) in [6.45, 7) is 7.94. The van der Waals surface area contributed by atoms with Gasteiger partial charge in [0.2, 0.25) is 5.91 Å². The summed E-state index contributed by atoms with van der Waals surface area (Å²) >= 11 is 0. The molecule has 4 aliphatic heterocycles. The van der Waals surface area contributed by atoms with E-state index >= 15 is 0 Å². The van der Waals surface area contributed by atoms with Crippen molar-refractivity contribution in [3.05, 3.63) is 77.4 Å². The van der Waals surface area contributed by atoms with Gasteiger partial charge in [0.05, 0.1) is 25.6 Å². The maximum absolute atomic E-state index is 14.8. The van der Waals surface area contributed by atoms with E-state index in [1.165, 1.54) is 107 Å². The van der Waals surface area contributed by atoms with Crippen molar-refractivity contribution in [2.45, 2.75) is 173 Å². The van der Waals surface area contributed by atoms with Gasteiger partial charge in [-0.3, -0.25) is 14.5 Å². The van der Waals surface area contributed by atoms with E-state index in [2.05, 4.69) is 88.1 Å². The molecule has 7 unspecified atom stereocenters. The molecule has 2 N–H and O–H groups in total. The highest BCUT2D eigenvalue weighted by atomic mass is 16.2. The third-order valence-electron chi connectivity index (χ3n) is 15.6. The van der Waals surface area contributed by atoms with Gasteiger partial charge in [0, 0.05) is 17.8 Å². The second-order valence-electron chi connectivity index (χ2n) is 19.2. The normalized spacial score (nSPS) is 32.5. The number of rotatable bonds is 7. The van der Waals surface area contributed by atoms with Crippen LogP contribution in [0.1, 0.15) is 159 Å². The van der Waals surface area contributed by atoms with E-state index in [9.17, 15) is 9.59 Å².